The van der Waals surface area contributed by atoms with E-state index in [1.54, 1.807) is 0 Å². The highest BCUT2D eigenvalue weighted by Gasteiger charge is 2.11. The molecule has 2 rings (SSSR count). The minimum Gasteiger partial charge on any atom is -0.381 e. The van der Waals surface area contributed by atoms with Gasteiger partial charge in [-0.2, -0.15) is 0 Å². The van der Waals surface area contributed by atoms with Crippen molar-refractivity contribution in [3.8, 4) is 0 Å². The third-order valence-corrected chi connectivity index (χ3v) is 4.57. The van der Waals surface area contributed by atoms with E-state index >= 15 is 0 Å². The van der Waals surface area contributed by atoms with Crippen molar-refractivity contribution in [2.45, 2.75) is 31.7 Å². The van der Waals surface area contributed by atoms with Gasteiger partial charge < -0.3 is 10.1 Å². The second-order valence-electron chi connectivity index (χ2n) is 4.15. The van der Waals surface area contributed by atoms with Gasteiger partial charge in [-0.3, -0.25) is 0 Å². The minimum atomic E-state index is 0.658. The molecule has 0 saturated carbocycles. The van der Waals surface area contributed by atoms with E-state index in [9.17, 15) is 0 Å². The second-order valence-corrected chi connectivity index (χ2v) is 6.70. The summed E-state index contributed by atoms with van der Waals surface area (Å²) in [6.07, 6.45) is 4.75. The molecule has 0 spiro atoms. The van der Waals surface area contributed by atoms with Gasteiger partial charge in [0.1, 0.15) is 0 Å². The zero-order valence-corrected chi connectivity index (χ0v) is 11.8. The van der Waals surface area contributed by atoms with Crippen LogP contribution in [-0.2, 0) is 11.2 Å². The Labute approximate surface area is 110 Å². The van der Waals surface area contributed by atoms with Crippen molar-refractivity contribution in [3.63, 3.8) is 0 Å². The summed E-state index contributed by atoms with van der Waals surface area (Å²) in [5.74, 6) is 0. The van der Waals surface area contributed by atoms with Crippen LogP contribution < -0.4 is 5.32 Å². The third-order valence-electron chi connectivity index (χ3n) is 2.89. The fraction of sp³-hybridized carbons (Fsp3) is 0.667. The van der Waals surface area contributed by atoms with Crippen LogP contribution >= 0.6 is 27.3 Å². The van der Waals surface area contributed by atoms with E-state index in [-0.39, 0.29) is 0 Å². The van der Waals surface area contributed by atoms with Crippen LogP contribution in [0.25, 0.3) is 0 Å². The smallest absolute Gasteiger partial charge is 0.0701 e. The molecule has 0 aromatic carbocycles. The summed E-state index contributed by atoms with van der Waals surface area (Å²) in [5.41, 5.74) is 0. The normalized spacial score (nSPS) is 21.9. The Hall–Kier alpha value is 0.1000. The fourth-order valence-electron chi connectivity index (χ4n) is 1.99. The summed E-state index contributed by atoms with van der Waals surface area (Å²) < 4.78 is 6.68. The number of hydrogen-bond acceptors (Lipinski definition) is 3. The lowest BCUT2D eigenvalue weighted by Crippen LogP contribution is -2.30. The van der Waals surface area contributed by atoms with Gasteiger partial charge in [-0.05, 0) is 53.7 Å². The van der Waals surface area contributed by atoms with Gasteiger partial charge >= 0.3 is 0 Å². The van der Waals surface area contributed by atoms with Gasteiger partial charge in [0, 0.05) is 30.7 Å². The quantitative estimate of drug-likeness (QED) is 0.922. The van der Waals surface area contributed by atoms with Crippen molar-refractivity contribution < 1.29 is 4.74 Å². The van der Waals surface area contributed by atoms with E-state index < -0.39 is 0 Å². The average molecular weight is 304 g/mol. The Balaban J connectivity index is 1.67. The Morgan fingerprint density at radius 3 is 3.12 bits per heavy atom. The zero-order chi connectivity index (χ0) is 11.2. The highest BCUT2D eigenvalue weighted by molar-refractivity contribution is 9.11. The fourth-order valence-corrected chi connectivity index (χ4v) is 3.48. The van der Waals surface area contributed by atoms with Gasteiger partial charge in [-0.15, -0.1) is 11.3 Å². The number of nitrogens with one attached hydrogen (secondary N) is 1. The highest BCUT2D eigenvalue weighted by Crippen LogP contribution is 2.22. The number of thiophene rings is 1. The number of ether oxygens (including phenoxy) is 1. The number of hydrogen-bond donors (Lipinski definition) is 1. The first-order valence-electron chi connectivity index (χ1n) is 5.90. The predicted molar refractivity (Wildman–Crippen MR) is 72.2 cm³/mol. The van der Waals surface area contributed by atoms with Crippen LogP contribution in [0.1, 0.15) is 24.1 Å². The first kappa shape index (κ1) is 12.6. The second kappa shape index (κ2) is 6.74. The molecule has 1 unspecified atom stereocenters. The lowest BCUT2D eigenvalue weighted by atomic mass is 10.1. The largest absolute Gasteiger partial charge is 0.381 e. The van der Waals surface area contributed by atoms with Crippen LogP contribution in [0.3, 0.4) is 0 Å². The van der Waals surface area contributed by atoms with Crippen LogP contribution in [0.4, 0.5) is 0 Å². The lowest BCUT2D eigenvalue weighted by Gasteiger charge is -2.14. The summed E-state index contributed by atoms with van der Waals surface area (Å²) in [7, 11) is 0. The zero-order valence-electron chi connectivity index (χ0n) is 9.38. The molecule has 1 fully saturated rings. The Morgan fingerprint density at radius 1 is 1.38 bits per heavy atom. The molecule has 1 aliphatic rings. The van der Waals surface area contributed by atoms with Gasteiger partial charge in [-0.25, -0.2) is 0 Å². The van der Waals surface area contributed by atoms with Crippen molar-refractivity contribution in [1.82, 2.24) is 5.32 Å². The van der Waals surface area contributed by atoms with Gasteiger partial charge in [0.15, 0.2) is 0 Å². The van der Waals surface area contributed by atoms with Crippen molar-refractivity contribution in [2.24, 2.45) is 0 Å². The van der Waals surface area contributed by atoms with Gasteiger partial charge in [0.2, 0.25) is 0 Å². The van der Waals surface area contributed by atoms with Crippen LogP contribution in [0.2, 0.25) is 0 Å². The van der Waals surface area contributed by atoms with Crippen molar-refractivity contribution in [3.05, 3.63) is 20.8 Å². The van der Waals surface area contributed by atoms with Crippen molar-refractivity contribution >= 4 is 27.3 Å². The maximum absolute atomic E-state index is 5.45. The van der Waals surface area contributed by atoms with Crippen molar-refractivity contribution in [1.29, 1.82) is 0 Å². The molecule has 90 valence electrons. The monoisotopic (exact) mass is 303 g/mol. The van der Waals surface area contributed by atoms with Gasteiger partial charge in [-0.1, -0.05) is 0 Å². The third kappa shape index (κ3) is 4.17. The molecule has 1 aliphatic heterocycles. The molecule has 0 aliphatic carbocycles. The van der Waals surface area contributed by atoms with Crippen LogP contribution in [0.15, 0.2) is 15.9 Å². The predicted octanol–water partition coefficient (Wildman–Crippen LogP) is 3.21. The van der Waals surface area contributed by atoms with Gasteiger partial charge in [0.25, 0.3) is 0 Å². The first-order valence-corrected chi connectivity index (χ1v) is 7.51. The van der Waals surface area contributed by atoms with Crippen molar-refractivity contribution in [2.75, 3.05) is 19.8 Å². The average Bonchev–Trinajstić information content (AvgIpc) is 2.54. The van der Waals surface area contributed by atoms with Crippen LogP contribution in [-0.4, -0.2) is 25.8 Å². The lowest BCUT2D eigenvalue weighted by molar-refractivity contribution is 0.142. The Bertz CT molecular complexity index is 308. The Kier molecular flexibility index (Phi) is 5.29. The molecule has 2 nitrogen and oxygen atoms in total. The standard InChI is InChI=1S/C12H18BrNOS/c13-12-4-3-11(16-12)5-7-14-10-2-1-8-15-9-6-10/h3-4,10,14H,1-2,5-9H2. The molecule has 1 N–H and O–H groups in total. The number of rotatable bonds is 4. The molecule has 4 heteroatoms. The molecule has 1 aromatic rings. The molecule has 1 aromatic heterocycles. The van der Waals surface area contributed by atoms with E-state index in [4.69, 9.17) is 4.74 Å². The molecule has 1 saturated heterocycles. The van der Waals surface area contributed by atoms with Crippen LogP contribution in [0.5, 0.6) is 0 Å². The van der Waals surface area contributed by atoms with Crippen LogP contribution in [0, 0.1) is 0 Å². The van der Waals surface area contributed by atoms with E-state index in [0.717, 1.165) is 32.6 Å². The number of halogens is 1. The summed E-state index contributed by atoms with van der Waals surface area (Å²) in [5, 5.41) is 3.63. The van der Waals surface area contributed by atoms with E-state index in [1.807, 2.05) is 11.3 Å². The molecule has 0 bridgehead atoms. The SMILES string of the molecule is Brc1ccc(CCNC2CCCOCC2)s1. The minimum absolute atomic E-state index is 0.658. The maximum Gasteiger partial charge on any atom is 0.0701 e. The van der Waals surface area contributed by atoms with E-state index in [1.165, 1.54) is 21.5 Å². The Morgan fingerprint density at radius 2 is 2.31 bits per heavy atom. The summed E-state index contributed by atoms with van der Waals surface area (Å²) >= 11 is 5.32. The summed E-state index contributed by atoms with van der Waals surface area (Å²) in [6.45, 7) is 2.94. The molecule has 2 heterocycles. The maximum atomic E-state index is 5.45. The topological polar surface area (TPSA) is 21.3 Å². The highest BCUT2D eigenvalue weighted by atomic mass is 79.9. The van der Waals surface area contributed by atoms with Gasteiger partial charge in [0.05, 0.1) is 3.79 Å². The molecule has 1 atom stereocenters. The molecule has 16 heavy (non-hydrogen) atoms. The van der Waals surface area contributed by atoms with E-state index in [2.05, 4.69) is 33.4 Å². The molecular formula is C12H18BrNOS. The first-order chi connectivity index (χ1) is 7.84. The molecule has 0 radical (unpaired) electrons. The molecule has 0 amide bonds. The summed E-state index contributed by atoms with van der Waals surface area (Å²) in [4.78, 5) is 1.45. The summed E-state index contributed by atoms with van der Waals surface area (Å²) in [6, 6.07) is 4.98. The van der Waals surface area contributed by atoms with E-state index in [0.29, 0.717) is 6.04 Å². The molecular weight excluding hydrogens is 286 g/mol.